The summed E-state index contributed by atoms with van der Waals surface area (Å²) in [6, 6.07) is 14.9. The van der Waals surface area contributed by atoms with Crippen molar-refractivity contribution in [1.29, 1.82) is 0 Å². The first-order chi connectivity index (χ1) is 13.1. The summed E-state index contributed by atoms with van der Waals surface area (Å²) in [6.07, 6.45) is 0. The quantitative estimate of drug-likeness (QED) is 0.608. The molecule has 0 atom stereocenters. The number of ether oxygens (including phenoxy) is 1. The maximum Gasteiger partial charge on any atom is 0.191 e. The van der Waals surface area contributed by atoms with Gasteiger partial charge in [0.15, 0.2) is 5.96 Å². The summed E-state index contributed by atoms with van der Waals surface area (Å²) in [7, 11) is 0. The Bertz CT molecular complexity index is 761. The van der Waals surface area contributed by atoms with E-state index in [0.717, 1.165) is 45.4 Å². The van der Waals surface area contributed by atoms with Crippen molar-refractivity contribution < 1.29 is 4.74 Å². The van der Waals surface area contributed by atoms with E-state index in [1.807, 2.05) is 0 Å². The Labute approximate surface area is 162 Å². The molecule has 0 radical (unpaired) electrons. The van der Waals surface area contributed by atoms with E-state index in [1.54, 1.807) is 0 Å². The second kappa shape index (κ2) is 9.20. The zero-order valence-corrected chi connectivity index (χ0v) is 16.8. The lowest BCUT2D eigenvalue weighted by Crippen LogP contribution is -2.56. The minimum Gasteiger partial charge on any atom is -0.379 e. The molecule has 0 aromatic heterocycles. The van der Waals surface area contributed by atoms with Gasteiger partial charge in [-0.2, -0.15) is 0 Å². The minimum absolute atomic E-state index is 0.0550. The third-order valence-corrected chi connectivity index (χ3v) is 5.19. The molecule has 0 amide bonds. The monoisotopic (exact) mass is 368 g/mol. The van der Waals surface area contributed by atoms with Crippen LogP contribution in [0.25, 0.3) is 10.8 Å². The number of guanidine groups is 1. The molecule has 1 saturated heterocycles. The molecule has 2 aromatic rings. The Morgan fingerprint density at radius 3 is 2.59 bits per heavy atom. The van der Waals surface area contributed by atoms with Gasteiger partial charge in [0.2, 0.25) is 0 Å². The van der Waals surface area contributed by atoms with Gasteiger partial charge in [0.1, 0.15) is 0 Å². The zero-order valence-electron chi connectivity index (χ0n) is 16.8. The molecular formula is C22H32N4O. The summed E-state index contributed by atoms with van der Waals surface area (Å²) in [6.45, 7) is 12.6. The second-order valence-electron chi connectivity index (χ2n) is 7.60. The molecule has 1 aliphatic heterocycles. The molecule has 0 aliphatic carbocycles. The van der Waals surface area contributed by atoms with Crippen LogP contribution in [0.4, 0.5) is 0 Å². The SMILES string of the molecule is CCNC(=NCc1cccc2ccccc12)NCC(C)(C)N1CCOCC1. The average Bonchev–Trinajstić information content (AvgIpc) is 2.71. The topological polar surface area (TPSA) is 48.9 Å². The van der Waals surface area contributed by atoms with Gasteiger partial charge in [0.05, 0.1) is 19.8 Å². The number of aliphatic imine (C=N–C) groups is 1. The van der Waals surface area contributed by atoms with E-state index in [2.05, 4.69) is 78.8 Å². The molecule has 5 nitrogen and oxygen atoms in total. The fourth-order valence-corrected chi connectivity index (χ4v) is 3.52. The van der Waals surface area contributed by atoms with Crippen molar-refractivity contribution in [1.82, 2.24) is 15.5 Å². The van der Waals surface area contributed by atoms with Crippen LogP contribution in [-0.4, -0.2) is 55.8 Å². The van der Waals surface area contributed by atoms with Crippen molar-refractivity contribution in [3.05, 3.63) is 48.0 Å². The highest BCUT2D eigenvalue weighted by Crippen LogP contribution is 2.19. The predicted octanol–water partition coefficient (Wildman–Crippen LogP) is 3.01. The van der Waals surface area contributed by atoms with E-state index in [0.29, 0.717) is 6.54 Å². The molecule has 1 fully saturated rings. The van der Waals surface area contributed by atoms with Crippen LogP contribution in [0.5, 0.6) is 0 Å². The van der Waals surface area contributed by atoms with Crippen molar-refractivity contribution in [3.8, 4) is 0 Å². The number of rotatable bonds is 6. The third kappa shape index (κ3) is 5.21. The lowest BCUT2D eigenvalue weighted by atomic mass is 10.0. The van der Waals surface area contributed by atoms with Crippen molar-refractivity contribution >= 4 is 16.7 Å². The Kier molecular flexibility index (Phi) is 6.69. The Morgan fingerprint density at radius 1 is 1.07 bits per heavy atom. The first-order valence-electron chi connectivity index (χ1n) is 9.92. The van der Waals surface area contributed by atoms with Gasteiger partial charge in [0.25, 0.3) is 0 Å². The zero-order chi connectivity index (χ0) is 19.1. The number of nitrogens with one attached hydrogen (secondary N) is 2. The molecule has 2 N–H and O–H groups in total. The number of hydrogen-bond donors (Lipinski definition) is 2. The summed E-state index contributed by atoms with van der Waals surface area (Å²) in [5.41, 5.74) is 1.30. The van der Waals surface area contributed by atoms with E-state index in [1.165, 1.54) is 16.3 Å². The van der Waals surface area contributed by atoms with Crippen molar-refractivity contribution in [2.45, 2.75) is 32.9 Å². The smallest absolute Gasteiger partial charge is 0.191 e. The van der Waals surface area contributed by atoms with E-state index in [-0.39, 0.29) is 5.54 Å². The highest BCUT2D eigenvalue weighted by molar-refractivity contribution is 5.86. The van der Waals surface area contributed by atoms with Crippen molar-refractivity contribution in [2.24, 2.45) is 4.99 Å². The largest absolute Gasteiger partial charge is 0.379 e. The van der Waals surface area contributed by atoms with Crippen molar-refractivity contribution in [2.75, 3.05) is 39.4 Å². The van der Waals surface area contributed by atoms with Crippen LogP contribution in [0.3, 0.4) is 0 Å². The van der Waals surface area contributed by atoms with Crippen LogP contribution in [0.2, 0.25) is 0 Å². The Morgan fingerprint density at radius 2 is 1.81 bits per heavy atom. The van der Waals surface area contributed by atoms with Gasteiger partial charge in [-0.1, -0.05) is 42.5 Å². The minimum atomic E-state index is 0.0550. The van der Waals surface area contributed by atoms with Gasteiger partial charge in [-0.15, -0.1) is 0 Å². The van der Waals surface area contributed by atoms with Gasteiger partial charge in [-0.05, 0) is 37.1 Å². The fourth-order valence-electron chi connectivity index (χ4n) is 3.52. The van der Waals surface area contributed by atoms with Crippen LogP contribution in [-0.2, 0) is 11.3 Å². The average molecular weight is 369 g/mol. The number of fused-ring (bicyclic) bond motifs is 1. The molecular weight excluding hydrogens is 336 g/mol. The number of nitrogens with zero attached hydrogens (tertiary/aromatic N) is 2. The third-order valence-electron chi connectivity index (χ3n) is 5.19. The maximum atomic E-state index is 5.48. The second-order valence-corrected chi connectivity index (χ2v) is 7.60. The molecule has 1 aliphatic rings. The summed E-state index contributed by atoms with van der Waals surface area (Å²) in [4.78, 5) is 7.32. The highest BCUT2D eigenvalue weighted by atomic mass is 16.5. The van der Waals surface area contributed by atoms with Crippen LogP contribution < -0.4 is 10.6 Å². The first kappa shape index (κ1) is 19.6. The molecule has 5 heteroatoms. The van der Waals surface area contributed by atoms with Crippen LogP contribution >= 0.6 is 0 Å². The van der Waals surface area contributed by atoms with Gasteiger partial charge in [-0.3, -0.25) is 4.90 Å². The van der Waals surface area contributed by atoms with E-state index in [4.69, 9.17) is 9.73 Å². The summed E-state index contributed by atoms with van der Waals surface area (Å²) < 4.78 is 5.48. The summed E-state index contributed by atoms with van der Waals surface area (Å²) in [5, 5.41) is 9.44. The molecule has 3 rings (SSSR count). The molecule has 0 saturated carbocycles. The van der Waals surface area contributed by atoms with Gasteiger partial charge < -0.3 is 15.4 Å². The highest BCUT2D eigenvalue weighted by Gasteiger charge is 2.28. The molecule has 0 bridgehead atoms. The Hall–Kier alpha value is -2.11. The maximum absolute atomic E-state index is 5.48. The Balaban J connectivity index is 1.67. The predicted molar refractivity (Wildman–Crippen MR) is 113 cm³/mol. The van der Waals surface area contributed by atoms with Gasteiger partial charge >= 0.3 is 0 Å². The fraction of sp³-hybridized carbons (Fsp3) is 0.500. The molecule has 27 heavy (non-hydrogen) atoms. The molecule has 146 valence electrons. The van der Waals surface area contributed by atoms with Crippen LogP contribution in [0.1, 0.15) is 26.3 Å². The summed E-state index contributed by atoms with van der Waals surface area (Å²) >= 11 is 0. The van der Waals surface area contributed by atoms with E-state index >= 15 is 0 Å². The molecule has 2 aromatic carbocycles. The molecule has 0 spiro atoms. The van der Waals surface area contributed by atoms with E-state index < -0.39 is 0 Å². The number of benzene rings is 2. The van der Waals surface area contributed by atoms with Gasteiger partial charge in [0, 0.05) is 31.7 Å². The standard InChI is InChI=1S/C22H32N4O/c1-4-23-21(25-17-22(2,3)26-12-14-27-15-13-26)24-16-19-10-7-9-18-8-5-6-11-20(18)19/h5-11H,4,12-17H2,1-3H3,(H2,23,24,25). The van der Waals surface area contributed by atoms with E-state index in [9.17, 15) is 0 Å². The number of morpholine rings is 1. The first-order valence-corrected chi connectivity index (χ1v) is 9.92. The molecule has 1 heterocycles. The lowest BCUT2D eigenvalue weighted by Gasteiger charge is -2.41. The number of hydrogen-bond acceptors (Lipinski definition) is 3. The van der Waals surface area contributed by atoms with Crippen molar-refractivity contribution in [3.63, 3.8) is 0 Å². The van der Waals surface area contributed by atoms with Crippen LogP contribution in [0.15, 0.2) is 47.5 Å². The molecule has 0 unspecified atom stereocenters. The van der Waals surface area contributed by atoms with Gasteiger partial charge in [-0.25, -0.2) is 4.99 Å². The normalized spacial score (nSPS) is 16.5. The summed E-state index contributed by atoms with van der Waals surface area (Å²) in [5.74, 6) is 0.867. The van der Waals surface area contributed by atoms with Crippen LogP contribution in [0, 0.1) is 0 Å². The lowest BCUT2D eigenvalue weighted by molar-refractivity contribution is -0.00834.